The van der Waals surface area contributed by atoms with Crippen LogP contribution in [-0.2, 0) is 0 Å². The molecule has 0 bridgehead atoms. The van der Waals surface area contributed by atoms with Crippen molar-refractivity contribution in [1.82, 2.24) is 4.98 Å². The molecule has 27 heavy (non-hydrogen) atoms. The van der Waals surface area contributed by atoms with Gasteiger partial charge in [0.1, 0.15) is 5.52 Å². The molecule has 0 unspecified atom stereocenters. The van der Waals surface area contributed by atoms with Gasteiger partial charge in [-0.05, 0) is 67.1 Å². The van der Waals surface area contributed by atoms with E-state index in [9.17, 15) is 4.79 Å². The minimum atomic E-state index is -0.272. The number of benzene rings is 3. The fourth-order valence-electron chi connectivity index (χ4n) is 2.72. The van der Waals surface area contributed by atoms with Crippen LogP contribution in [-0.4, -0.2) is 10.9 Å². The van der Waals surface area contributed by atoms with Crippen LogP contribution in [0.25, 0.3) is 22.6 Å². The Labute approximate surface area is 169 Å². The lowest BCUT2D eigenvalue weighted by Gasteiger charge is -2.07. The number of nitrogens with zero attached hydrogens (tertiary/aromatic N) is 1. The molecule has 0 aliphatic rings. The van der Waals surface area contributed by atoms with E-state index >= 15 is 0 Å². The van der Waals surface area contributed by atoms with Gasteiger partial charge in [-0.15, -0.1) is 0 Å². The van der Waals surface area contributed by atoms with Crippen LogP contribution in [0, 0.1) is 6.92 Å². The van der Waals surface area contributed by atoms with E-state index in [0.717, 1.165) is 26.7 Å². The highest BCUT2D eigenvalue weighted by Crippen LogP contribution is 2.27. The Morgan fingerprint density at radius 2 is 1.85 bits per heavy atom. The van der Waals surface area contributed by atoms with Crippen LogP contribution in [0.4, 0.5) is 5.69 Å². The molecule has 0 fully saturated rings. The van der Waals surface area contributed by atoms with Gasteiger partial charge in [0, 0.05) is 15.7 Å². The molecule has 134 valence electrons. The van der Waals surface area contributed by atoms with Gasteiger partial charge in [-0.25, -0.2) is 4.98 Å². The van der Waals surface area contributed by atoms with E-state index in [2.05, 4.69) is 26.2 Å². The number of aromatic nitrogens is 1. The van der Waals surface area contributed by atoms with Crippen molar-refractivity contribution in [2.45, 2.75) is 6.92 Å². The van der Waals surface area contributed by atoms with Gasteiger partial charge in [-0.3, -0.25) is 4.79 Å². The molecule has 1 amide bonds. The van der Waals surface area contributed by atoms with Crippen molar-refractivity contribution in [2.24, 2.45) is 0 Å². The van der Waals surface area contributed by atoms with Crippen LogP contribution in [0.3, 0.4) is 0 Å². The number of anilines is 1. The number of hydrogen-bond donors (Lipinski definition) is 1. The van der Waals surface area contributed by atoms with E-state index in [4.69, 9.17) is 16.0 Å². The molecular formula is C21H14BrClN2O2. The van der Waals surface area contributed by atoms with Gasteiger partial charge < -0.3 is 9.73 Å². The maximum absolute atomic E-state index is 12.4. The average molecular weight is 442 g/mol. The van der Waals surface area contributed by atoms with Crippen molar-refractivity contribution in [2.75, 3.05) is 5.32 Å². The third kappa shape index (κ3) is 3.75. The minimum Gasteiger partial charge on any atom is -0.436 e. The van der Waals surface area contributed by atoms with Gasteiger partial charge in [0.2, 0.25) is 5.89 Å². The molecule has 0 saturated heterocycles. The molecule has 1 N–H and O–H groups in total. The standard InChI is InChI=1S/C21H14BrClN2O2/c1-12-2-9-18-19(10-12)27-21(25-18)13-3-6-15(7-4-13)24-20(26)16-11-14(22)5-8-17(16)23/h2-11H,1H3,(H,24,26). The molecule has 0 spiro atoms. The van der Waals surface area contributed by atoms with Crippen molar-refractivity contribution in [1.29, 1.82) is 0 Å². The number of carbonyl (C=O) groups is 1. The summed E-state index contributed by atoms with van der Waals surface area (Å²) in [7, 11) is 0. The zero-order valence-corrected chi connectivity index (χ0v) is 16.6. The van der Waals surface area contributed by atoms with E-state index in [1.807, 2.05) is 37.3 Å². The van der Waals surface area contributed by atoms with Crippen LogP contribution in [0.15, 0.2) is 69.6 Å². The lowest BCUT2D eigenvalue weighted by molar-refractivity contribution is 0.102. The van der Waals surface area contributed by atoms with E-state index < -0.39 is 0 Å². The number of rotatable bonds is 3. The predicted molar refractivity (Wildman–Crippen MR) is 111 cm³/mol. The third-order valence-electron chi connectivity index (χ3n) is 4.11. The Balaban J connectivity index is 1.56. The Morgan fingerprint density at radius 3 is 2.63 bits per heavy atom. The number of amides is 1. The SMILES string of the molecule is Cc1ccc2nc(-c3ccc(NC(=O)c4cc(Br)ccc4Cl)cc3)oc2c1. The number of fused-ring (bicyclic) bond motifs is 1. The summed E-state index contributed by atoms with van der Waals surface area (Å²) >= 11 is 9.46. The first-order valence-electron chi connectivity index (χ1n) is 8.23. The summed E-state index contributed by atoms with van der Waals surface area (Å²) in [4.78, 5) is 17.0. The van der Waals surface area contributed by atoms with Crippen LogP contribution >= 0.6 is 27.5 Å². The maximum atomic E-state index is 12.4. The zero-order chi connectivity index (χ0) is 19.0. The van der Waals surface area contributed by atoms with Gasteiger partial charge >= 0.3 is 0 Å². The molecule has 6 heteroatoms. The highest BCUT2D eigenvalue weighted by atomic mass is 79.9. The third-order valence-corrected chi connectivity index (χ3v) is 4.93. The van der Waals surface area contributed by atoms with Crippen molar-refractivity contribution >= 4 is 50.2 Å². The molecule has 0 aliphatic heterocycles. The number of aryl methyl sites for hydroxylation is 1. The molecule has 1 heterocycles. The van der Waals surface area contributed by atoms with Crippen molar-refractivity contribution in [3.63, 3.8) is 0 Å². The molecule has 0 aliphatic carbocycles. The Hall–Kier alpha value is -2.63. The molecule has 1 aromatic heterocycles. The van der Waals surface area contributed by atoms with Crippen molar-refractivity contribution < 1.29 is 9.21 Å². The molecule has 0 saturated carbocycles. The molecule has 4 nitrogen and oxygen atoms in total. The highest BCUT2D eigenvalue weighted by molar-refractivity contribution is 9.10. The topological polar surface area (TPSA) is 55.1 Å². The van der Waals surface area contributed by atoms with Crippen molar-refractivity contribution in [3.8, 4) is 11.5 Å². The van der Waals surface area contributed by atoms with Crippen LogP contribution in [0.5, 0.6) is 0 Å². The fourth-order valence-corrected chi connectivity index (χ4v) is 3.29. The fraction of sp³-hybridized carbons (Fsp3) is 0.0476. The molecule has 0 atom stereocenters. The summed E-state index contributed by atoms with van der Waals surface area (Å²) in [6.07, 6.45) is 0. The molecular weight excluding hydrogens is 428 g/mol. The van der Waals surface area contributed by atoms with Gasteiger partial charge in [-0.2, -0.15) is 0 Å². The predicted octanol–water partition coefficient (Wildman–Crippen LogP) is 6.47. The Kier molecular flexibility index (Phi) is 4.72. The number of halogens is 2. The summed E-state index contributed by atoms with van der Waals surface area (Å²) in [6, 6.07) is 18.4. The van der Waals surface area contributed by atoms with Crippen LogP contribution < -0.4 is 5.32 Å². The van der Waals surface area contributed by atoms with E-state index in [1.165, 1.54) is 0 Å². The summed E-state index contributed by atoms with van der Waals surface area (Å²) in [6.45, 7) is 2.01. The van der Waals surface area contributed by atoms with Crippen LogP contribution in [0.1, 0.15) is 15.9 Å². The van der Waals surface area contributed by atoms with Gasteiger partial charge in [0.15, 0.2) is 5.58 Å². The summed E-state index contributed by atoms with van der Waals surface area (Å²) in [5, 5.41) is 3.24. The molecule has 4 aromatic rings. The second-order valence-corrected chi connectivity index (χ2v) is 7.47. The first kappa shape index (κ1) is 17.8. The number of hydrogen-bond acceptors (Lipinski definition) is 3. The smallest absolute Gasteiger partial charge is 0.257 e. The van der Waals surface area contributed by atoms with Gasteiger partial charge in [0.05, 0.1) is 10.6 Å². The second kappa shape index (κ2) is 7.18. The first-order chi connectivity index (χ1) is 13.0. The van der Waals surface area contributed by atoms with Gasteiger partial charge in [-0.1, -0.05) is 33.6 Å². The summed E-state index contributed by atoms with van der Waals surface area (Å²) in [5.74, 6) is 0.273. The average Bonchev–Trinajstić information content (AvgIpc) is 3.07. The maximum Gasteiger partial charge on any atom is 0.257 e. The van der Waals surface area contributed by atoms with Crippen LogP contribution in [0.2, 0.25) is 5.02 Å². The largest absolute Gasteiger partial charge is 0.436 e. The quantitative estimate of drug-likeness (QED) is 0.396. The van der Waals surface area contributed by atoms with E-state index in [1.54, 1.807) is 30.3 Å². The lowest BCUT2D eigenvalue weighted by Crippen LogP contribution is -2.12. The van der Waals surface area contributed by atoms with E-state index in [-0.39, 0.29) is 5.91 Å². The summed E-state index contributed by atoms with van der Waals surface area (Å²) < 4.78 is 6.62. The van der Waals surface area contributed by atoms with E-state index in [0.29, 0.717) is 22.2 Å². The second-order valence-electron chi connectivity index (χ2n) is 6.15. The van der Waals surface area contributed by atoms with Gasteiger partial charge in [0.25, 0.3) is 5.91 Å². The van der Waals surface area contributed by atoms with Crippen molar-refractivity contribution in [3.05, 3.63) is 81.3 Å². The number of nitrogens with one attached hydrogen (secondary N) is 1. The monoisotopic (exact) mass is 440 g/mol. The number of carbonyl (C=O) groups excluding carboxylic acids is 1. The Morgan fingerprint density at radius 1 is 1.07 bits per heavy atom. The minimum absolute atomic E-state index is 0.272. The number of oxazole rings is 1. The zero-order valence-electron chi connectivity index (χ0n) is 14.3. The molecule has 3 aromatic carbocycles. The molecule has 0 radical (unpaired) electrons. The first-order valence-corrected chi connectivity index (χ1v) is 9.41. The lowest BCUT2D eigenvalue weighted by atomic mass is 10.2. The highest BCUT2D eigenvalue weighted by Gasteiger charge is 2.12. The normalized spacial score (nSPS) is 10.9. The molecule has 4 rings (SSSR count). The summed E-state index contributed by atoms with van der Waals surface area (Å²) in [5.41, 5.74) is 4.59. The Bertz CT molecular complexity index is 1150.